The van der Waals surface area contributed by atoms with Gasteiger partial charge in [-0.25, -0.2) is 9.97 Å². The Balaban J connectivity index is 2.86. The Kier molecular flexibility index (Phi) is 2.78. The minimum Gasteiger partial charge on any atom is -0.245 e. The highest BCUT2D eigenvalue weighted by atomic mass is 14.8. The summed E-state index contributed by atoms with van der Waals surface area (Å²) in [5.74, 6) is 0. The maximum absolute atomic E-state index is 4.12. The van der Waals surface area contributed by atoms with Crippen LogP contribution < -0.4 is 0 Å². The van der Waals surface area contributed by atoms with E-state index in [0.717, 1.165) is 17.7 Å². The Morgan fingerprint density at radius 2 is 2.36 bits per heavy atom. The van der Waals surface area contributed by atoms with Gasteiger partial charge in [0.05, 0.1) is 5.69 Å². The molecule has 0 saturated heterocycles. The number of allylic oxidation sites excluding steroid dienone is 1. The van der Waals surface area contributed by atoms with Gasteiger partial charge in [-0.3, -0.25) is 0 Å². The summed E-state index contributed by atoms with van der Waals surface area (Å²) >= 11 is 0. The van der Waals surface area contributed by atoms with Crippen LogP contribution in [0.3, 0.4) is 0 Å². The summed E-state index contributed by atoms with van der Waals surface area (Å²) < 4.78 is 0. The Labute approximate surface area is 67.0 Å². The molecule has 0 aliphatic carbocycles. The molecule has 1 aromatic rings. The fourth-order valence-electron chi connectivity index (χ4n) is 0.813. The van der Waals surface area contributed by atoms with Crippen LogP contribution >= 0.6 is 0 Å². The molecule has 0 atom stereocenters. The SMILES string of the molecule is CC/C=C\c1ncncc1C. The molecule has 0 saturated carbocycles. The lowest BCUT2D eigenvalue weighted by Crippen LogP contribution is -1.86. The number of aromatic nitrogens is 2. The average molecular weight is 148 g/mol. The van der Waals surface area contributed by atoms with E-state index in [1.165, 1.54) is 0 Å². The number of hydrogen-bond acceptors (Lipinski definition) is 2. The molecule has 0 spiro atoms. The van der Waals surface area contributed by atoms with Crippen LogP contribution in [0.4, 0.5) is 0 Å². The molecule has 2 nitrogen and oxygen atoms in total. The molecule has 1 rings (SSSR count). The third kappa shape index (κ3) is 2.15. The van der Waals surface area contributed by atoms with Gasteiger partial charge in [-0.1, -0.05) is 13.0 Å². The van der Waals surface area contributed by atoms with E-state index >= 15 is 0 Å². The predicted molar refractivity (Wildman–Crippen MR) is 46.1 cm³/mol. The Bertz CT molecular complexity index is 253. The molecule has 11 heavy (non-hydrogen) atoms. The fraction of sp³-hybridized carbons (Fsp3) is 0.333. The molecule has 0 N–H and O–H groups in total. The summed E-state index contributed by atoms with van der Waals surface area (Å²) in [5.41, 5.74) is 2.14. The molecule has 2 heteroatoms. The van der Waals surface area contributed by atoms with Crippen LogP contribution in [-0.4, -0.2) is 9.97 Å². The molecule has 0 bridgehead atoms. The van der Waals surface area contributed by atoms with Crippen molar-refractivity contribution >= 4 is 6.08 Å². The van der Waals surface area contributed by atoms with Crippen LogP contribution in [-0.2, 0) is 0 Å². The molecule has 0 radical (unpaired) electrons. The van der Waals surface area contributed by atoms with Gasteiger partial charge < -0.3 is 0 Å². The lowest BCUT2D eigenvalue weighted by Gasteiger charge is -1.94. The molecule has 0 aliphatic rings. The van der Waals surface area contributed by atoms with Crippen LogP contribution in [0.2, 0.25) is 0 Å². The minimum atomic E-state index is 1.02. The van der Waals surface area contributed by atoms with Crippen molar-refractivity contribution in [1.82, 2.24) is 9.97 Å². The molecular weight excluding hydrogens is 136 g/mol. The zero-order valence-corrected chi connectivity index (χ0v) is 6.91. The van der Waals surface area contributed by atoms with Gasteiger partial charge in [-0.15, -0.1) is 0 Å². The van der Waals surface area contributed by atoms with Crippen LogP contribution in [0.15, 0.2) is 18.6 Å². The second-order valence-corrected chi connectivity index (χ2v) is 2.40. The highest BCUT2D eigenvalue weighted by Gasteiger charge is 1.91. The van der Waals surface area contributed by atoms with Crippen LogP contribution in [0.25, 0.3) is 6.08 Å². The molecule has 58 valence electrons. The first kappa shape index (κ1) is 7.92. The zero-order chi connectivity index (χ0) is 8.10. The van der Waals surface area contributed by atoms with Crippen molar-refractivity contribution in [2.24, 2.45) is 0 Å². The second kappa shape index (κ2) is 3.86. The van der Waals surface area contributed by atoms with E-state index in [2.05, 4.69) is 23.0 Å². The summed E-state index contributed by atoms with van der Waals surface area (Å²) in [6.45, 7) is 4.11. The van der Waals surface area contributed by atoms with Crippen molar-refractivity contribution < 1.29 is 0 Å². The van der Waals surface area contributed by atoms with Crippen molar-refractivity contribution in [3.63, 3.8) is 0 Å². The van der Waals surface area contributed by atoms with E-state index in [9.17, 15) is 0 Å². The number of aryl methyl sites for hydroxylation is 1. The molecule has 0 amide bonds. The van der Waals surface area contributed by atoms with Crippen LogP contribution in [0.1, 0.15) is 24.6 Å². The highest BCUT2D eigenvalue weighted by Crippen LogP contribution is 2.03. The Morgan fingerprint density at radius 3 is 3.00 bits per heavy atom. The van der Waals surface area contributed by atoms with E-state index in [1.54, 1.807) is 6.33 Å². The van der Waals surface area contributed by atoms with Gasteiger partial charge in [0.1, 0.15) is 6.33 Å². The third-order valence-electron chi connectivity index (χ3n) is 1.45. The Morgan fingerprint density at radius 1 is 1.55 bits per heavy atom. The quantitative estimate of drug-likeness (QED) is 0.642. The second-order valence-electron chi connectivity index (χ2n) is 2.40. The van der Waals surface area contributed by atoms with Crippen LogP contribution in [0, 0.1) is 6.92 Å². The van der Waals surface area contributed by atoms with E-state index in [0.29, 0.717) is 0 Å². The van der Waals surface area contributed by atoms with Gasteiger partial charge >= 0.3 is 0 Å². The zero-order valence-electron chi connectivity index (χ0n) is 6.91. The van der Waals surface area contributed by atoms with Crippen molar-refractivity contribution in [3.8, 4) is 0 Å². The summed E-state index contributed by atoms with van der Waals surface area (Å²) in [5, 5.41) is 0. The summed E-state index contributed by atoms with van der Waals surface area (Å²) in [7, 11) is 0. The van der Waals surface area contributed by atoms with E-state index < -0.39 is 0 Å². The summed E-state index contributed by atoms with van der Waals surface area (Å²) in [4.78, 5) is 8.03. The maximum atomic E-state index is 4.12. The van der Waals surface area contributed by atoms with Gasteiger partial charge in [0.15, 0.2) is 0 Å². The van der Waals surface area contributed by atoms with Crippen molar-refractivity contribution in [2.45, 2.75) is 20.3 Å². The molecule has 0 aliphatic heterocycles. The monoisotopic (exact) mass is 148 g/mol. The summed E-state index contributed by atoms with van der Waals surface area (Å²) in [6.07, 6.45) is 8.56. The van der Waals surface area contributed by atoms with Crippen LogP contribution in [0.5, 0.6) is 0 Å². The molecule has 0 fully saturated rings. The van der Waals surface area contributed by atoms with Crippen molar-refractivity contribution in [3.05, 3.63) is 29.9 Å². The van der Waals surface area contributed by atoms with Gasteiger partial charge in [0.25, 0.3) is 0 Å². The fourth-order valence-corrected chi connectivity index (χ4v) is 0.813. The summed E-state index contributed by atoms with van der Waals surface area (Å²) in [6, 6.07) is 0. The largest absolute Gasteiger partial charge is 0.245 e. The molecule has 0 aromatic carbocycles. The van der Waals surface area contributed by atoms with Gasteiger partial charge in [-0.2, -0.15) is 0 Å². The van der Waals surface area contributed by atoms with Gasteiger partial charge in [0, 0.05) is 6.20 Å². The lowest BCUT2D eigenvalue weighted by molar-refractivity contribution is 1.11. The van der Waals surface area contributed by atoms with E-state index in [1.807, 2.05) is 19.2 Å². The first-order valence-corrected chi connectivity index (χ1v) is 3.77. The molecule has 0 unspecified atom stereocenters. The number of rotatable bonds is 2. The maximum Gasteiger partial charge on any atom is 0.116 e. The molecular formula is C9H12N2. The van der Waals surface area contributed by atoms with Crippen molar-refractivity contribution in [1.29, 1.82) is 0 Å². The normalized spacial score (nSPS) is 10.7. The number of nitrogens with zero attached hydrogens (tertiary/aromatic N) is 2. The number of hydrogen-bond donors (Lipinski definition) is 0. The smallest absolute Gasteiger partial charge is 0.116 e. The van der Waals surface area contributed by atoms with Gasteiger partial charge in [0.2, 0.25) is 0 Å². The van der Waals surface area contributed by atoms with Gasteiger partial charge in [-0.05, 0) is 25.0 Å². The molecule has 1 heterocycles. The average Bonchev–Trinajstić information content (AvgIpc) is 2.03. The predicted octanol–water partition coefficient (Wildman–Crippen LogP) is 2.21. The Hall–Kier alpha value is -1.18. The highest BCUT2D eigenvalue weighted by molar-refractivity contribution is 5.47. The van der Waals surface area contributed by atoms with E-state index in [4.69, 9.17) is 0 Å². The topological polar surface area (TPSA) is 25.8 Å². The van der Waals surface area contributed by atoms with Crippen molar-refractivity contribution in [2.75, 3.05) is 0 Å². The standard InChI is InChI=1S/C9H12N2/c1-3-4-5-9-8(2)6-10-7-11-9/h4-7H,3H2,1-2H3/b5-4-. The molecule has 1 aromatic heterocycles. The first-order valence-electron chi connectivity index (χ1n) is 3.77. The van der Waals surface area contributed by atoms with E-state index in [-0.39, 0.29) is 0 Å². The third-order valence-corrected chi connectivity index (χ3v) is 1.45. The lowest BCUT2D eigenvalue weighted by atomic mass is 10.2. The minimum absolute atomic E-state index is 1.02. The first-order chi connectivity index (χ1) is 5.34.